The van der Waals surface area contributed by atoms with Gasteiger partial charge >= 0.3 is 6.18 Å². The fraction of sp³-hybridized carbons (Fsp3) is 0.353. The first-order valence-corrected chi connectivity index (χ1v) is 8.64. The fourth-order valence-electron chi connectivity index (χ4n) is 2.68. The lowest BCUT2D eigenvalue weighted by Crippen LogP contribution is -2.42. The highest BCUT2D eigenvalue weighted by atomic mass is 32.1. The molecule has 134 valence electrons. The van der Waals surface area contributed by atoms with Crippen molar-refractivity contribution in [3.63, 3.8) is 0 Å². The summed E-state index contributed by atoms with van der Waals surface area (Å²) in [5.41, 5.74) is -0.464. The van der Waals surface area contributed by atoms with Gasteiger partial charge in [-0.3, -0.25) is 4.79 Å². The third kappa shape index (κ3) is 4.07. The fourth-order valence-corrected chi connectivity index (χ4v) is 3.42. The van der Waals surface area contributed by atoms with Crippen LogP contribution in [0.1, 0.15) is 23.4 Å². The number of ether oxygens (including phenoxy) is 1. The summed E-state index contributed by atoms with van der Waals surface area (Å²) in [6, 6.07) is 7.01. The first-order chi connectivity index (χ1) is 11.8. The summed E-state index contributed by atoms with van der Waals surface area (Å²) in [6.07, 6.45) is -4.44. The Hall–Kier alpha value is -2.22. The highest BCUT2D eigenvalue weighted by Crippen LogP contribution is 2.38. The zero-order valence-electron chi connectivity index (χ0n) is 13.5. The molecule has 0 saturated heterocycles. The number of halogens is 3. The van der Waals surface area contributed by atoms with E-state index in [-0.39, 0.29) is 18.5 Å². The molecule has 2 heterocycles. The third-order valence-corrected chi connectivity index (χ3v) is 4.98. The molecule has 8 heteroatoms. The summed E-state index contributed by atoms with van der Waals surface area (Å²) in [6.45, 7) is 2.54. The summed E-state index contributed by atoms with van der Waals surface area (Å²) >= 11 is 1.54. The Morgan fingerprint density at radius 2 is 2.20 bits per heavy atom. The van der Waals surface area contributed by atoms with E-state index in [0.29, 0.717) is 24.6 Å². The monoisotopic (exact) mass is 370 g/mol. The molecule has 3 rings (SSSR count). The predicted molar refractivity (Wildman–Crippen MR) is 90.0 cm³/mol. The quantitative estimate of drug-likeness (QED) is 0.889. The largest absolute Gasteiger partial charge is 0.490 e. The van der Waals surface area contributed by atoms with Gasteiger partial charge < -0.3 is 15.0 Å². The Labute approximate surface area is 147 Å². The van der Waals surface area contributed by atoms with Crippen LogP contribution in [0.15, 0.2) is 35.7 Å². The van der Waals surface area contributed by atoms with Gasteiger partial charge in [-0.05, 0) is 36.6 Å². The van der Waals surface area contributed by atoms with E-state index in [1.54, 1.807) is 4.90 Å². The number of fused-ring (bicyclic) bond motifs is 1. The second-order valence-electron chi connectivity index (χ2n) is 5.75. The van der Waals surface area contributed by atoms with Gasteiger partial charge in [0.1, 0.15) is 12.4 Å². The molecule has 2 aromatic rings. The molecule has 0 radical (unpaired) electrons. The van der Waals surface area contributed by atoms with E-state index in [0.717, 1.165) is 17.0 Å². The SMILES string of the molecule is C[C@H](NC(=O)CN1CCOc2ccc(C(F)(F)F)cc21)c1cccs1. The summed E-state index contributed by atoms with van der Waals surface area (Å²) < 4.78 is 44.2. The molecule has 4 nitrogen and oxygen atoms in total. The van der Waals surface area contributed by atoms with Crippen LogP contribution in [0.5, 0.6) is 5.75 Å². The molecule has 0 saturated carbocycles. The van der Waals surface area contributed by atoms with E-state index < -0.39 is 11.7 Å². The van der Waals surface area contributed by atoms with Gasteiger partial charge in [0.25, 0.3) is 0 Å². The third-order valence-electron chi connectivity index (χ3n) is 3.93. The maximum absolute atomic E-state index is 12.9. The zero-order valence-corrected chi connectivity index (χ0v) is 14.3. The number of hydrogen-bond acceptors (Lipinski definition) is 4. The Balaban J connectivity index is 1.73. The average molecular weight is 370 g/mol. The molecule has 25 heavy (non-hydrogen) atoms. The van der Waals surface area contributed by atoms with Crippen LogP contribution in [0.2, 0.25) is 0 Å². The van der Waals surface area contributed by atoms with Crippen LogP contribution in [0.4, 0.5) is 18.9 Å². The molecule has 1 aliphatic rings. The van der Waals surface area contributed by atoms with Gasteiger partial charge in [-0.25, -0.2) is 0 Å². The smallest absolute Gasteiger partial charge is 0.416 e. The van der Waals surface area contributed by atoms with Gasteiger partial charge in [0, 0.05) is 4.88 Å². The molecule has 1 N–H and O–H groups in total. The average Bonchev–Trinajstić information content (AvgIpc) is 3.08. The molecule has 1 aromatic carbocycles. The summed E-state index contributed by atoms with van der Waals surface area (Å²) in [5.74, 6) is 0.115. The first-order valence-electron chi connectivity index (χ1n) is 7.76. The van der Waals surface area contributed by atoms with E-state index in [1.807, 2.05) is 24.4 Å². The van der Waals surface area contributed by atoms with Crippen molar-refractivity contribution in [2.45, 2.75) is 19.1 Å². The van der Waals surface area contributed by atoms with Crippen molar-refractivity contribution in [3.8, 4) is 5.75 Å². The standard InChI is InChI=1S/C17H17F3N2O2S/c1-11(15-3-2-8-25-15)21-16(23)10-22-6-7-24-14-5-4-12(9-13(14)22)17(18,19)20/h2-5,8-9,11H,6-7,10H2,1H3,(H,21,23)/t11-/m0/s1. The lowest BCUT2D eigenvalue weighted by atomic mass is 10.1. The van der Waals surface area contributed by atoms with Crippen LogP contribution in [-0.2, 0) is 11.0 Å². The topological polar surface area (TPSA) is 41.6 Å². The maximum Gasteiger partial charge on any atom is 0.416 e. The number of amides is 1. The van der Waals surface area contributed by atoms with Crippen molar-refractivity contribution < 1.29 is 22.7 Å². The normalized spacial score (nSPS) is 15.3. The molecule has 0 bridgehead atoms. The van der Waals surface area contributed by atoms with Gasteiger partial charge in [0.05, 0.1) is 30.4 Å². The van der Waals surface area contributed by atoms with Crippen molar-refractivity contribution >= 4 is 22.9 Å². The Bertz CT molecular complexity index is 747. The van der Waals surface area contributed by atoms with Crippen LogP contribution in [-0.4, -0.2) is 25.6 Å². The van der Waals surface area contributed by atoms with Crippen LogP contribution >= 0.6 is 11.3 Å². The molecule has 1 atom stereocenters. The number of thiophene rings is 1. The van der Waals surface area contributed by atoms with Crippen molar-refractivity contribution in [2.75, 3.05) is 24.6 Å². The minimum absolute atomic E-state index is 0.0205. The molecule has 0 spiro atoms. The van der Waals surface area contributed by atoms with Crippen molar-refractivity contribution in [3.05, 3.63) is 46.2 Å². The summed E-state index contributed by atoms with van der Waals surface area (Å²) in [5, 5.41) is 4.80. The molecule has 0 unspecified atom stereocenters. The lowest BCUT2D eigenvalue weighted by Gasteiger charge is -2.31. The highest BCUT2D eigenvalue weighted by Gasteiger charge is 2.33. The molecular weight excluding hydrogens is 353 g/mol. The van der Waals surface area contributed by atoms with E-state index in [1.165, 1.54) is 17.4 Å². The number of nitrogens with one attached hydrogen (secondary N) is 1. The minimum atomic E-state index is -4.44. The zero-order chi connectivity index (χ0) is 18.0. The van der Waals surface area contributed by atoms with Gasteiger partial charge in [0.15, 0.2) is 0 Å². The van der Waals surface area contributed by atoms with Crippen molar-refractivity contribution in [1.82, 2.24) is 5.32 Å². The summed E-state index contributed by atoms with van der Waals surface area (Å²) in [7, 11) is 0. The van der Waals surface area contributed by atoms with Crippen LogP contribution in [0.25, 0.3) is 0 Å². The molecule has 0 aliphatic carbocycles. The molecule has 1 aromatic heterocycles. The number of rotatable bonds is 4. The van der Waals surface area contributed by atoms with Gasteiger partial charge in [-0.2, -0.15) is 13.2 Å². The van der Waals surface area contributed by atoms with Crippen molar-refractivity contribution in [2.24, 2.45) is 0 Å². The Morgan fingerprint density at radius 1 is 1.40 bits per heavy atom. The highest BCUT2D eigenvalue weighted by molar-refractivity contribution is 7.10. The second-order valence-corrected chi connectivity index (χ2v) is 6.73. The van der Waals surface area contributed by atoms with E-state index in [9.17, 15) is 18.0 Å². The molecule has 0 fully saturated rings. The molecule has 1 aliphatic heterocycles. The Morgan fingerprint density at radius 3 is 2.88 bits per heavy atom. The maximum atomic E-state index is 12.9. The Kier molecular flexibility index (Phi) is 4.89. The number of nitrogens with zero attached hydrogens (tertiary/aromatic N) is 1. The lowest BCUT2D eigenvalue weighted by molar-refractivity contribution is -0.137. The first kappa shape index (κ1) is 17.6. The van der Waals surface area contributed by atoms with Gasteiger partial charge in [-0.1, -0.05) is 6.07 Å². The molecule has 1 amide bonds. The summed E-state index contributed by atoms with van der Waals surface area (Å²) in [4.78, 5) is 14.9. The number of benzene rings is 1. The van der Waals surface area contributed by atoms with Gasteiger partial charge in [0.2, 0.25) is 5.91 Å². The van der Waals surface area contributed by atoms with E-state index >= 15 is 0 Å². The van der Waals surface area contributed by atoms with E-state index in [4.69, 9.17) is 4.74 Å². The van der Waals surface area contributed by atoms with Crippen LogP contribution in [0.3, 0.4) is 0 Å². The number of hydrogen-bond donors (Lipinski definition) is 1. The minimum Gasteiger partial charge on any atom is -0.490 e. The number of alkyl halides is 3. The van der Waals surface area contributed by atoms with Gasteiger partial charge in [-0.15, -0.1) is 11.3 Å². The van der Waals surface area contributed by atoms with E-state index in [2.05, 4.69) is 5.32 Å². The number of carbonyl (C=O) groups is 1. The van der Waals surface area contributed by atoms with Crippen LogP contribution in [0, 0.1) is 0 Å². The predicted octanol–water partition coefficient (Wildman–Crippen LogP) is 3.84. The molecular formula is C17H17F3N2O2S. The van der Waals surface area contributed by atoms with Crippen molar-refractivity contribution in [1.29, 1.82) is 0 Å². The number of carbonyl (C=O) groups excluding carboxylic acids is 1. The van der Waals surface area contributed by atoms with Crippen LogP contribution < -0.4 is 15.0 Å². The second kappa shape index (κ2) is 6.95. The number of anilines is 1.